The minimum absolute atomic E-state index is 0.0397. The van der Waals surface area contributed by atoms with Crippen molar-refractivity contribution >= 4 is 12.0 Å². The Balaban J connectivity index is 1.28. The molecule has 7 heteroatoms. The van der Waals surface area contributed by atoms with Gasteiger partial charge in [-0.25, -0.2) is 9.48 Å². The molecule has 2 fully saturated rings. The molecule has 1 aliphatic heterocycles. The van der Waals surface area contributed by atoms with Crippen molar-refractivity contribution in [2.75, 3.05) is 6.54 Å². The van der Waals surface area contributed by atoms with Crippen LogP contribution >= 0.6 is 0 Å². The number of nitrogens with zero attached hydrogens (tertiary/aromatic N) is 3. The van der Waals surface area contributed by atoms with Crippen LogP contribution in [0.1, 0.15) is 67.3 Å². The highest BCUT2D eigenvalue weighted by Crippen LogP contribution is 2.62. The highest BCUT2D eigenvalue weighted by Gasteiger charge is 2.59. The van der Waals surface area contributed by atoms with Gasteiger partial charge in [-0.3, -0.25) is 4.79 Å². The van der Waals surface area contributed by atoms with E-state index in [1.54, 1.807) is 4.90 Å². The van der Waals surface area contributed by atoms with E-state index in [4.69, 9.17) is 9.84 Å². The number of ether oxygens (including phenoxy) is 1. The van der Waals surface area contributed by atoms with E-state index in [0.29, 0.717) is 31.1 Å². The van der Waals surface area contributed by atoms with Gasteiger partial charge in [0.2, 0.25) is 0 Å². The lowest BCUT2D eigenvalue weighted by Crippen LogP contribution is -2.52. The van der Waals surface area contributed by atoms with Gasteiger partial charge in [0.1, 0.15) is 6.61 Å². The lowest BCUT2D eigenvalue weighted by atomic mass is 9.68. The van der Waals surface area contributed by atoms with Gasteiger partial charge in [0.05, 0.1) is 17.9 Å². The number of hydrogen-bond donors (Lipinski definition) is 1. The van der Waals surface area contributed by atoms with Crippen LogP contribution in [-0.2, 0) is 24.3 Å². The smallest absolute Gasteiger partial charge is 0.410 e. The lowest BCUT2D eigenvalue weighted by Gasteiger charge is -2.43. The molecule has 7 nitrogen and oxygen atoms in total. The molecule has 3 aromatic rings. The molecule has 3 unspecified atom stereocenters. The van der Waals surface area contributed by atoms with Gasteiger partial charge in [0, 0.05) is 24.6 Å². The third-order valence-electron chi connectivity index (χ3n) is 9.28. The first kappa shape index (κ1) is 24.7. The number of fused-ring (bicyclic) bond motifs is 3. The van der Waals surface area contributed by atoms with Gasteiger partial charge in [0.15, 0.2) is 5.69 Å². The van der Waals surface area contributed by atoms with Gasteiger partial charge >= 0.3 is 6.09 Å². The predicted octanol–water partition coefficient (Wildman–Crippen LogP) is 5.51. The highest BCUT2D eigenvalue weighted by atomic mass is 16.6. The molecule has 38 heavy (non-hydrogen) atoms. The van der Waals surface area contributed by atoms with Crippen LogP contribution in [0.4, 0.5) is 4.79 Å². The Morgan fingerprint density at radius 2 is 1.76 bits per heavy atom. The van der Waals surface area contributed by atoms with Crippen LogP contribution < -0.4 is 5.32 Å². The summed E-state index contributed by atoms with van der Waals surface area (Å²) >= 11 is 0. The van der Waals surface area contributed by atoms with Crippen LogP contribution in [0.3, 0.4) is 0 Å². The first-order valence-corrected chi connectivity index (χ1v) is 13.7. The molecule has 0 saturated heterocycles. The van der Waals surface area contributed by atoms with Crippen molar-refractivity contribution in [1.82, 2.24) is 20.0 Å². The summed E-state index contributed by atoms with van der Waals surface area (Å²) in [6.07, 6.45) is 3.75. The topological polar surface area (TPSA) is 76.5 Å². The van der Waals surface area contributed by atoms with Crippen molar-refractivity contribution in [3.05, 3.63) is 83.2 Å². The van der Waals surface area contributed by atoms with Gasteiger partial charge < -0.3 is 15.0 Å². The summed E-state index contributed by atoms with van der Waals surface area (Å²) in [6.45, 7) is 7.92. The molecule has 6 rings (SSSR count). The van der Waals surface area contributed by atoms with Crippen molar-refractivity contribution in [3.8, 4) is 5.69 Å². The molecular weight excluding hydrogens is 476 g/mol. The standard InChI is InChI=1S/C31H36N4O3/c1-30(2)22-14-16-31(3,18-22)28(30)32-27(36)26-24-19-34(29(37)38-20-21-10-6-4-7-11-21)17-15-25(24)35(33-26)23-12-8-5-9-13-23/h4-13,22,28H,14-20H2,1-3H3,(H,32,36). The van der Waals surface area contributed by atoms with Gasteiger partial charge in [-0.1, -0.05) is 69.3 Å². The molecule has 1 N–H and O–H groups in total. The number of nitrogens with one attached hydrogen (secondary N) is 1. The fourth-order valence-electron chi connectivity index (χ4n) is 7.21. The quantitative estimate of drug-likeness (QED) is 0.489. The molecule has 2 saturated carbocycles. The molecule has 0 radical (unpaired) electrons. The summed E-state index contributed by atoms with van der Waals surface area (Å²) in [4.78, 5) is 28.6. The minimum Gasteiger partial charge on any atom is -0.445 e. The zero-order valence-corrected chi connectivity index (χ0v) is 22.4. The van der Waals surface area contributed by atoms with E-state index in [9.17, 15) is 9.59 Å². The van der Waals surface area contributed by atoms with Crippen molar-refractivity contribution in [2.45, 2.75) is 65.6 Å². The van der Waals surface area contributed by atoms with Gasteiger partial charge in [-0.2, -0.15) is 5.10 Å². The molecular formula is C31H36N4O3. The predicted molar refractivity (Wildman–Crippen MR) is 145 cm³/mol. The maximum atomic E-state index is 13.9. The Labute approximate surface area is 224 Å². The summed E-state index contributed by atoms with van der Waals surface area (Å²) in [5.74, 6) is 0.478. The second-order valence-corrected chi connectivity index (χ2v) is 12.1. The van der Waals surface area contributed by atoms with Crippen LogP contribution in [0, 0.1) is 16.7 Å². The van der Waals surface area contributed by atoms with E-state index in [0.717, 1.165) is 35.3 Å². The maximum Gasteiger partial charge on any atom is 0.410 e. The monoisotopic (exact) mass is 512 g/mol. The Morgan fingerprint density at radius 1 is 1.05 bits per heavy atom. The lowest BCUT2D eigenvalue weighted by molar-refractivity contribution is 0.0727. The number of aromatic nitrogens is 2. The Hall–Kier alpha value is -3.61. The Morgan fingerprint density at radius 3 is 2.45 bits per heavy atom. The molecule has 2 amide bonds. The highest BCUT2D eigenvalue weighted by molar-refractivity contribution is 5.94. The van der Waals surface area contributed by atoms with Crippen molar-refractivity contribution in [1.29, 1.82) is 0 Å². The average molecular weight is 513 g/mol. The molecule has 3 aliphatic rings. The third kappa shape index (κ3) is 4.18. The average Bonchev–Trinajstić information content (AvgIpc) is 3.57. The molecule has 2 heterocycles. The third-order valence-corrected chi connectivity index (χ3v) is 9.28. The fraction of sp³-hybridized carbons (Fsp3) is 0.452. The van der Waals surface area contributed by atoms with Crippen molar-refractivity contribution in [3.63, 3.8) is 0 Å². The Kier molecular flexibility index (Phi) is 6.04. The fourth-order valence-corrected chi connectivity index (χ4v) is 7.21. The number of benzene rings is 2. The van der Waals surface area contributed by atoms with E-state index in [1.165, 1.54) is 6.42 Å². The summed E-state index contributed by atoms with van der Waals surface area (Å²) in [6, 6.07) is 19.7. The van der Waals surface area contributed by atoms with E-state index in [2.05, 4.69) is 26.1 Å². The first-order valence-electron chi connectivity index (χ1n) is 13.7. The molecule has 3 atom stereocenters. The van der Waals surface area contributed by atoms with Crippen molar-refractivity contribution in [2.24, 2.45) is 16.7 Å². The minimum atomic E-state index is -0.375. The molecule has 1 aromatic heterocycles. The largest absolute Gasteiger partial charge is 0.445 e. The summed E-state index contributed by atoms with van der Waals surface area (Å²) < 4.78 is 7.49. The summed E-state index contributed by atoms with van der Waals surface area (Å²) in [7, 11) is 0. The SMILES string of the molecule is CC12CCC(C1)C(C)(C)C2NC(=O)c1nn(-c2ccccc2)c2c1CN(C(=O)OCc1ccccc1)CC2. The normalized spacial score (nSPS) is 25.2. The Bertz CT molecular complexity index is 1350. The van der Waals surface area contributed by atoms with Gasteiger partial charge in [-0.15, -0.1) is 0 Å². The van der Waals surface area contributed by atoms with Crippen LogP contribution in [0.15, 0.2) is 60.7 Å². The zero-order chi connectivity index (χ0) is 26.5. The second kappa shape index (κ2) is 9.29. The van der Waals surface area contributed by atoms with E-state index < -0.39 is 0 Å². The number of carbonyl (C=O) groups excluding carboxylic acids is 2. The molecule has 2 aromatic carbocycles. The zero-order valence-electron chi connectivity index (χ0n) is 22.4. The second-order valence-electron chi connectivity index (χ2n) is 12.1. The van der Waals surface area contributed by atoms with E-state index in [-0.39, 0.29) is 35.5 Å². The van der Waals surface area contributed by atoms with Crippen LogP contribution in [0.5, 0.6) is 0 Å². The van der Waals surface area contributed by atoms with E-state index in [1.807, 2.05) is 65.3 Å². The number of rotatable bonds is 5. The first-order chi connectivity index (χ1) is 18.3. The molecule has 2 aliphatic carbocycles. The molecule has 198 valence electrons. The summed E-state index contributed by atoms with van der Waals surface area (Å²) in [5, 5.41) is 8.26. The summed E-state index contributed by atoms with van der Waals surface area (Å²) in [5.41, 5.74) is 4.20. The van der Waals surface area contributed by atoms with Gasteiger partial charge in [0.25, 0.3) is 5.91 Å². The number of para-hydroxylation sites is 1. The van der Waals surface area contributed by atoms with E-state index >= 15 is 0 Å². The molecule has 0 spiro atoms. The van der Waals surface area contributed by atoms with Crippen LogP contribution in [0.25, 0.3) is 5.69 Å². The van der Waals surface area contributed by atoms with Crippen LogP contribution in [0.2, 0.25) is 0 Å². The number of carbonyl (C=O) groups is 2. The van der Waals surface area contributed by atoms with Crippen molar-refractivity contribution < 1.29 is 14.3 Å². The van der Waals surface area contributed by atoms with Crippen LogP contribution in [-0.4, -0.2) is 39.3 Å². The van der Waals surface area contributed by atoms with Gasteiger partial charge in [-0.05, 0) is 53.7 Å². The maximum absolute atomic E-state index is 13.9. The number of amides is 2. The molecule has 2 bridgehead atoms. The number of hydrogen-bond acceptors (Lipinski definition) is 4.